The van der Waals surface area contributed by atoms with Crippen LogP contribution in [0.25, 0.3) is 0 Å². The summed E-state index contributed by atoms with van der Waals surface area (Å²) in [5.41, 5.74) is 0.809. The Morgan fingerprint density at radius 3 is 2.50 bits per heavy atom. The predicted molar refractivity (Wildman–Crippen MR) is 56.5 cm³/mol. The lowest BCUT2D eigenvalue weighted by atomic mass is 10.2. The van der Waals surface area contributed by atoms with Crippen molar-refractivity contribution in [3.8, 4) is 5.75 Å². The predicted octanol–water partition coefficient (Wildman–Crippen LogP) is 2.43. The number of nitrogens with one attached hydrogen (secondary N) is 1. The summed E-state index contributed by atoms with van der Waals surface area (Å²) in [7, 11) is 1.62. The van der Waals surface area contributed by atoms with E-state index in [9.17, 15) is 4.79 Å². The van der Waals surface area contributed by atoms with Crippen molar-refractivity contribution in [3.63, 3.8) is 0 Å². The monoisotopic (exact) mass is 193 g/mol. The fourth-order valence-electron chi connectivity index (χ4n) is 1.12. The topological polar surface area (TPSA) is 38.3 Å². The lowest BCUT2D eigenvalue weighted by Crippen LogP contribution is -2.10. The SMILES string of the molecule is CCCC(=O)Nc1ccc(OC)cc1. The number of methoxy groups -OCH3 is 1. The van der Waals surface area contributed by atoms with Crippen LogP contribution in [0.1, 0.15) is 19.8 Å². The second kappa shape index (κ2) is 5.27. The first kappa shape index (κ1) is 10.6. The molecule has 0 spiro atoms. The van der Waals surface area contributed by atoms with Crippen molar-refractivity contribution in [1.82, 2.24) is 0 Å². The van der Waals surface area contributed by atoms with Crippen molar-refractivity contribution in [1.29, 1.82) is 0 Å². The van der Waals surface area contributed by atoms with Gasteiger partial charge in [-0.3, -0.25) is 4.79 Å². The van der Waals surface area contributed by atoms with Crippen LogP contribution in [0.4, 0.5) is 5.69 Å². The molecule has 0 saturated heterocycles. The minimum atomic E-state index is 0.0534. The van der Waals surface area contributed by atoms with Gasteiger partial charge in [0, 0.05) is 12.1 Å². The number of carbonyl (C=O) groups excluding carboxylic acids is 1. The molecule has 1 amide bonds. The summed E-state index contributed by atoms with van der Waals surface area (Å²) < 4.78 is 5.01. The molecule has 0 aliphatic heterocycles. The van der Waals surface area contributed by atoms with Gasteiger partial charge in [-0.1, -0.05) is 6.92 Å². The van der Waals surface area contributed by atoms with Crippen LogP contribution in [0.5, 0.6) is 5.75 Å². The third-order valence-corrected chi connectivity index (χ3v) is 1.85. The number of anilines is 1. The Bertz CT molecular complexity index is 293. The highest BCUT2D eigenvalue weighted by atomic mass is 16.5. The Kier molecular flexibility index (Phi) is 3.98. The van der Waals surface area contributed by atoms with Gasteiger partial charge >= 0.3 is 0 Å². The van der Waals surface area contributed by atoms with Crippen molar-refractivity contribution >= 4 is 11.6 Å². The Morgan fingerprint density at radius 2 is 2.00 bits per heavy atom. The smallest absolute Gasteiger partial charge is 0.224 e. The van der Waals surface area contributed by atoms with Gasteiger partial charge in [-0.25, -0.2) is 0 Å². The zero-order valence-electron chi connectivity index (χ0n) is 8.54. The molecule has 0 fully saturated rings. The average Bonchev–Trinajstić information content (AvgIpc) is 2.19. The van der Waals surface area contributed by atoms with Gasteiger partial charge in [0.2, 0.25) is 5.91 Å². The highest BCUT2D eigenvalue weighted by Crippen LogP contribution is 2.15. The van der Waals surface area contributed by atoms with E-state index >= 15 is 0 Å². The second-order valence-electron chi connectivity index (χ2n) is 3.03. The molecule has 3 nitrogen and oxygen atoms in total. The fraction of sp³-hybridized carbons (Fsp3) is 0.364. The van der Waals surface area contributed by atoms with E-state index in [-0.39, 0.29) is 5.91 Å². The van der Waals surface area contributed by atoms with Gasteiger partial charge in [0.15, 0.2) is 0 Å². The van der Waals surface area contributed by atoms with E-state index in [0.717, 1.165) is 17.9 Å². The maximum atomic E-state index is 11.2. The first-order valence-corrected chi connectivity index (χ1v) is 4.70. The molecule has 3 heteroatoms. The molecule has 0 aliphatic rings. The summed E-state index contributed by atoms with van der Waals surface area (Å²) in [6.07, 6.45) is 1.42. The van der Waals surface area contributed by atoms with Gasteiger partial charge < -0.3 is 10.1 Å². The van der Waals surface area contributed by atoms with Gasteiger partial charge in [0.05, 0.1) is 7.11 Å². The normalized spacial score (nSPS) is 9.57. The van der Waals surface area contributed by atoms with Gasteiger partial charge in [0.1, 0.15) is 5.75 Å². The van der Waals surface area contributed by atoms with E-state index in [2.05, 4.69) is 5.32 Å². The van der Waals surface area contributed by atoms with E-state index in [1.54, 1.807) is 7.11 Å². The summed E-state index contributed by atoms with van der Waals surface area (Å²) >= 11 is 0. The summed E-state index contributed by atoms with van der Waals surface area (Å²) in [4.78, 5) is 11.2. The number of benzene rings is 1. The number of hydrogen-bond acceptors (Lipinski definition) is 2. The van der Waals surface area contributed by atoms with Crippen LogP contribution in [0, 0.1) is 0 Å². The second-order valence-corrected chi connectivity index (χ2v) is 3.03. The third kappa shape index (κ3) is 3.09. The van der Waals surface area contributed by atoms with Crippen molar-refractivity contribution in [2.75, 3.05) is 12.4 Å². The standard InChI is InChI=1S/C11H15NO2/c1-3-4-11(13)12-9-5-7-10(14-2)8-6-9/h5-8H,3-4H2,1-2H3,(H,12,13). The summed E-state index contributed by atoms with van der Waals surface area (Å²) in [5, 5.41) is 2.80. The first-order valence-electron chi connectivity index (χ1n) is 4.70. The van der Waals surface area contributed by atoms with Crippen LogP contribution < -0.4 is 10.1 Å². The molecular formula is C11H15NO2. The Hall–Kier alpha value is -1.51. The van der Waals surface area contributed by atoms with E-state index in [0.29, 0.717) is 6.42 Å². The van der Waals surface area contributed by atoms with Crippen LogP contribution in [0.2, 0.25) is 0 Å². The number of amides is 1. The molecule has 0 bridgehead atoms. The highest BCUT2D eigenvalue weighted by Gasteiger charge is 1.99. The maximum absolute atomic E-state index is 11.2. The van der Waals surface area contributed by atoms with Gasteiger partial charge in [-0.15, -0.1) is 0 Å². The zero-order chi connectivity index (χ0) is 10.4. The summed E-state index contributed by atoms with van der Waals surface area (Å²) in [6.45, 7) is 1.98. The largest absolute Gasteiger partial charge is 0.497 e. The van der Waals surface area contributed by atoms with Crippen molar-refractivity contribution < 1.29 is 9.53 Å². The van der Waals surface area contributed by atoms with E-state index < -0.39 is 0 Å². The molecule has 14 heavy (non-hydrogen) atoms. The van der Waals surface area contributed by atoms with E-state index in [4.69, 9.17) is 4.74 Å². The minimum Gasteiger partial charge on any atom is -0.497 e. The quantitative estimate of drug-likeness (QED) is 0.797. The number of carbonyl (C=O) groups is 1. The highest BCUT2D eigenvalue weighted by molar-refractivity contribution is 5.90. The van der Waals surface area contributed by atoms with E-state index in [1.807, 2.05) is 31.2 Å². The van der Waals surface area contributed by atoms with Crippen molar-refractivity contribution in [2.45, 2.75) is 19.8 Å². The molecule has 0 saturated carbocycles. The molecule has 1 rings (SSSR count). The Labute approximate surface area is 84.1 Å². The number of rotatable bonds is 4. The van der Waals surface area contributed by atoms with Crippen LogP contribution in [0.15, 0.2) is 24.3 Å². The lowest BCUT2D eigenvalue weighted by molar-refractivity contribution is -0.116. The van der Waals surface area contributed by atoms with Gasteiger partial charge in [-0.2, -0.15) is 0 Å². The molecule has 1 N–H and O–H groups in total. The average molecular weight is 193 g/mol. The minimum absolute atomic E-state index is 0.0534. The van der Waals surface area contributed by atoms with Gasteiger partial charge in [0.25, 0.3) is 0 Å². The Balaban J connectivity index is 2.55. The van der Waals surface area contributed by atoms with Crippen LogP contribution in [-0.4, -0.2) is 13.0 Å². The number of hydrogen-bond donors (Lipinski definition) is 1. The zero-order valence-corrected chi connectivity index (χ0v) is 8.54. The van der Waals surface area contributed by atoms with Crippen molar-refractivity contribution in [3.05, 3.63) is 24.3 Å². The number of ether oxygens (including phenoxy) is 1. The fourth-order valence-corrected chi connectivity index (χ4v) is 1.12. The molecule has 1 aromatic carbocycles. The molecule has 0 aromatic heterocycles. The molecule has 0 aliphatic carbocycles. The molecular weight excluding hydrogens is 178 g/mol. The molecule has 0 atom stereocenters. The van der Waals surface area contributed by atoms with Crippen LogP contribution in [0.3, 0.4) is 0 Å². The molecule has 1 aromatic rings. The summed E-state index contributed by atoms with van der Waals surface area (Å²) in [5.74, 6) is 0.844. The molecule has 0 radical (unpaired) electrons. The lowest BCUT2D eigenvalue weighted by Gasteiger charge is -2.04. The molecule has 76 valence electrons. The first-order chi connectivity index (χ1) is 6.76. The van der Waals surface area contributed by atoms with Crippen molar-refractivity contribution in [2.24, 2.45) is 0 Å². The van der Waals surface area contributed by atoms with Crippen LogP contribution in [-0.2, 0) is 4.79 Å². The van der Waals surface area contributed by atoms with Gasteiger partial charge in [-0.05, 0) is 30.7 Å². The molecule has 0 heterocycles. The van der Waals surface area contributed by atoms with E-state index in [1.165, 1.54) is 0 Å². The Morgan fingerprint density at radius 1 is 1.36 bits per heavy atom. The summed E-state index contributed by atoms with van der Waals surface area (Å²) in [6, 6.07) is 7.29. The third-order valence-electron chi connectivity index (χ3n) is 1.85. The van der Waals surface area contributed by atoms with Crippen LogP contribution >= 0.6 is 0 Å². The molecule has 0 unspecified atom stereocenters. The maximum Gasteiger partial charge on any atom is 0.224 e.